The van der Waals surface area contributed by atoms with Crippen LogP contribution in [0.25, 0.3) is 5.69 Å². The molecule has 20 heavy (non-hydrogen) atoms. The van der Waals surface area contributed by atoms with Crippen LogP contribution in [0, 0.1) is 0 Å². The number of amides is 1. The first-order chi connectivity index (χ1) is 9.34. The van der Waals surface area contributed by atoms with Gasteiger partial charge in [-0.3, -0.25) is 4.79 Å². The highest BCUT2D eigenvalue weighted by Crippen LogP contribution is 2.50. The maximum absolute atomic E-state index is 11.9. The molecule has 0 saturated heterocycles. The summed E-state index contributed by atoms with van der Waals surface area (Å²) < 4.78 is 2.09. The molecule has 3 nitrogen and oxygen atoms in total. The van der Waals surface area contributed by atoms with Crippen molar-refractivity contribution in [2.75, 3.05) is 0 Å². The van der Waals surface area contributed by atoms with Gasteiger partial charge in [0.2, 0.25) is 5.91 Å². The Bertz CT molecular complexity index is 670. The Hall–Kier alpha value is -2.03. The van der Waals surface area contributed by atoms with Crippen LogP contribution < -0.4 is 5.73 Å². The van der Waals surface area contributed by atoms with Crippen LogP contribution in [0.3, 0.4) is 0 Å². The number of aromatic nitrogens is 1. The quantitative estimate of drug-likeness (QED) is 0.894. The van der Waals surface area contributed by atoms with Gasteiger partial charge in [0.1, 0.15) is 0 Å². The van der Waals surface area contributed by atoms with Crippen molar-refractivity contribution in [2.45, 2.75) is 38.0 Å². The van der Waals surface area contributed by atoms with Gasteiger partial charge in [-0.1, -0.05) is 32.0 Å². The summed E-state index contributed by atoms with van der Waals surface area (Å²) in [6.07, 6.45) is 4.97. The number of para-hydroxylation sites is 1. The van der Waals surface area contributed by atoms with Crippen LogP contribution in [0.15, 0.2) is 42.7 Å². The number of rotatable bonds is 2. The third kappa shape index (κ3) is 1.69. The minimum atomic E-state index is -0.571. The monoisotopic (exact) mass is 268 g/mol. The van der Waals surface area contributed by atoms with Gasteiger partial charge in [0.15, 0.2) is 0 Å². The molecule has 2 aromatic rings. The zero-order valence-electron chi connectivity index (χ0n) is 12.2. The van der Waals surface area contributed by atoms with Crippen LogP contribution in [-0.2, 0) is 15.6 Å². The number of carbonyl (C=O) groups is 1. The Balaban J connectivity index is 2.17. The Labute approximate surface area is 119 Å². The van der Waals surface area contributed by atoms with Crippen LogP contribution in [0.1, 0.15) is 38.3 Å². The number of primary amides is 1. The average Bonchev–Trinajstić information content (AvgIpc) is 2.91. The number of fused-ring (bicyclic) bond motifs is 1. The predicted molar refractivity (Wildman–Crippen MR) is 80.0 cm³/mol. The summed E-state index contributed by atoms with van der Waals surface area (Å²) in [7, 11) is 0. The van der Waals surface area contributed by atoms with E-state index >= 15 is 0 Å². The van der Waals surface area contributed by atoms with Crippen molar-refractivity contribution in [3.05, 3.63) is 53.9 Å². The first-order valence-electron chi connectivity index (χ1n) is 6.93. The molecule has 0 bridgehead atoms. The molecule has 1 amide bonds. The van der Waals surface area contributed by atoms with Crippen molar-refractivity contribution in [3.8, 4) is 5.69 Å². The van der Waals surface area contributed by atoms with E-state index in [9.17, 15) is 4.79 Å². The van der Waals surface area contributed by atoms with E-state index in [0.717, 1.165) is 17.7 Å². The smallest absolute Gasteiger partial charge is 0.227 e. The Morgan fingerprint density at radius 1 is 1.10 bits per heavy atom. The molecule has 0 radical (unpaired) electrons. The van der Waals surface area contributed by atoms with Gasteiger partial charge in [-0.15, -0.1) is 0 Å². The number of benzene rings is 1. The molecule has 1 aliphatic carbocycles. The van der Waals surface area contributed by atoms with Crippen LogP contribution >= 0.6 is 0 Å². The van der Waals surface area contributed by atoms with Gasteiger partial charge in [-0.25, -0.2) is 0 Å². The highest BCUT2D eigenvalue weighted by atomic mass is 16.1. The molecule has 1 heterocycles. The van der Waals surface area contributed by atoms with Crippen LogP contribution in [0.5, 0.6) is 0 Å². The van der Waals surface area contributed by atoms with Crippen molar-refractivity contribution < 1.29 is 4.79 Å². The molecular formula is C17H20N2O. The van der Waals surface area contributed by atoms with E-state index in [1.54, 1.807) is 0 Å². The number of hydrogen-bond acceptors (Lipinski definition) is 1. The van der Waals surface area contributed by atoms with E-state index in [1.165, 1.54) is 5.56 Å². The fourth-order valence-electron chi connectivity index (χ4n) is 3.48. The molecule has 104 valence electrons. The van der Waals surface area contributed by atoms with Gasteiger partial charge >= 0.3 is 0 Å². The molecule has 2 N–H and O–H groups in total. The first kappa shape index (κ1) is 13.0. The fraction of sp³-hybridized carbons (Fsp3) is 0.353. The molecule has 1 atom stereocenters. The van der Waals surface area contributed by atoms with E-state index in [4.69, 9.17) is 5.73 Å². The lowest BCUT2D eigenvalue weighted by Gasteiger charge is -2.25. The summed E-state index contributed by atoms with van der Waals surface area (Å²) in [4.78, 5) is 11.9. The van der Waals surface area contributed by atoms with Crippen LogP contribution in [0.4, 0.5) is 0 Å². The maximum Gasteiger partial charge on any atom is 0.227 e. The van der Waals surface area contributed by atoms with Crippen LogP contribution in [0.2, 0.25) is 0 Å². The molecule has 1 aliphatic rings. The Morgan fingerprint density at radius 2 is 1.70 bits per heavy atom. The Kier molecular flexibility index (Phi) is 2.58. The molecule has 3 rings (SSSR count). The summed E-state index contributed by atoms with van der Waals surface area (Å²) in [5.41, 5.74) is 8.46. The summed E-state index contributed by atoms with van der Waals surface area (Å²) in [6.45, 7) is 6.31. The lowest BCUT2D eigenvalue weighted by molar-refractivity contribution is -0.123. The van der Waals surface area contributed by atoms with E-state index in [2.05, 4.69) is 42.9 Å². The van der Waals surface area contributed by atoms with E-state index < -0.39 is 5.41 Å². The van der Waals surface area contributed by atoms with Crippen molar-refractivity contribution in [3.63, 3.8) is 0 Å². The van der Waals surface area contributed by atoms with Crippen LogP contribution in [-0.4, -0.2) is 10.5 Å². The van der Waals surface area contributed by atoms with Crippen molar-refractivity contribution in [2.24, 2.45) is 5.73 Å². The van der Waals surface area contributed by atoms with Crippen molar-refractivity contribution >= 4 is 5.91 Å². The third-order valence-electron chi connectivity index (χ3n) is 4.54. The van der Waals surface area contributed by atoms with Gasteiger partial charge < -0.3 is 10.3 Å². The molecular weight excluding hydrogens is 248 g/mol. The molecule has 3 heteroatoms. The zero-order valence-corrected chi connectivity index (χ0v) is 12.2. The van der Waals surface area contributed by atoms with E-state index in [1.807, 2.05) is 25.1 Å². The predicted octanol–water partition coefficient (Wildman–Crippen LogP) is 2.90. The second-order valence-corrected chi connectivity index (χ2v) is 6.59. The van der Waals surface area contributed by atoms with Gasteiger partial charge in [0.25, 0.3) is 0 Å². The lowest BCUT2D eigenvalue weighted by Crippen LogP contribution is -2.37. The first-order valence-corrected chi connectivity index (χ1v) is 6.93. The third-order valence-corrected chi connectivity index (χ3v) is 4.54. The number of carbonyl (C=O) groups excluding carboxylic acids is 1. The topological polar surface area (TPSA) is 48.0 Å². The van der Waals surface area contributed by atoms with E-state index in [0.29, 0.717) is 0 Å². The second-order valence-electron chi connectivity index (χ2n) is 6.59. The standard InChI is InChI=1S/C17H20N2O/c1-16(2)11-17(3,15(18)20)14-10-19(9-13(14)16)12-7-5-4-6-8-12/h4-10H,11H2,1-3H3,(H2,18,20). The molecule has 0 saturated carbocycles. The number of hydrogen-bond donors (Lipinski definition) is 1. The number of nitrogens with zero attached hydrogens (tertiary/aromatic N) is 1. The highest BCUT2D eigenvalue weighted by molar-refractivity contribution is 5.88. The van der Waals surface area contributed by atoms with Gasteiger partial charge in [-0.2, -0.15) is 0 Å². The second kappa shape index (κ2) is 3.98. The van der Waals surface area contributed by atoms with E-state index in [-0.39, 0.29) is 11.3 Å². The summed E-state index contributed by atoms with van der Waals surface area (Å²) >= 11 is 0. The zero-order chi connectivity index (χ0) is 14.5. The summed E-state index contributed by atoms with van der Waals surface area (Å²) in [5.74, 6) is -0.241. The normalized spacial score (nSPS) is 23.6. The van der Waals surface area contributed by atoms with Gasteiger partial charge in [-0.05, 0) is 42.0 Å². The average molecular weight is 268 g/mol. The molecule has 1 aromatic heterocycles. The summed E-state index contributed by atoms with van der Waals surface area (Å²) in [5, 5.41) is 0. The SMILES string of the molecule is CC1(C)CC(C)(C(N)=O)c2cn(-c3ccccc3)cc21. The molecule has 0 spiro atoms. The molecule has 1 unspecified atom stereocenters. The minimum Gasteiger partial charge on any atom is -0.369 e. The Morgan fingerprint density at radius 3 is 2.30 bits per heavy atom. The van der Waals surface area contributed by atoms with Crippen molar-refractivity contribution in [1.29, 1.82) is 0 Å². The lowest BCUT2D eigenvalue weighted by atomic mass is 9.79. The number of nitrogens with two attached hydrogens (primary N) is 1. The summed E-state index contributed by atoms with van der Waals surface area (Å²) in [6, 6.07) is 10.1. The van der Waals surface area contributed by atoms with Crippen molar-refractivity contribution in [1.82, 2.24) is 4.57 Å². The maximum atomic E-state index is 11.9. The fourth-order valence-corrected chi connectivity index (χ4v) is 3.48. The molecule has 0 fully saturated rings. The van der Waals surface area contributed by atoms with Gasteiger partial charge in [0.05, 0.1) is 5.41 Å². The minimum absolute atomic E-state index is 0.0286. The van der Waals surface area contributed by atoms with Gasteiger partial charge in [0, 0.05) is 18.1 Å². The largest absolute Gasteiger partial charge is 0.369 e. The molecule has 1 aromatic carbocycles. The highest BCUT2D eigenvalue weighted by Gasteiger charge is 2.49. The molecule has 0 aliphatic heterocycles.